The van der Waals surface area contributed by atoms with Gasteiger partial charge < -0.3 is 0 Å². The Morgan fingerprint density at radius 1 is 0.567 bits per heavy atom. The number of allylic oxidation sites excluding steroid dienone is 1. The fourth-order valence-electron chi connectivity index (χ4n) is 3.85. The van der Waals surface area contributed by atoms with Crippen LogP contribution in [0.3, 0.4) is 0 Å². The minimum Gasteiger partial charge on any atom is -0.299 e. The van der Waals surface area contributed by atoms with Gasteiger partial charge in [-0.1, -0.05) is 111 Å². The highest BCUT2D eigenvalue weighted by Gasteiger charge is 2.19. The highest BCUT2D eigenvalue weighted by Crippen LogP contribution is 2.23. The van der Waals surface area contributed by atoms with Gasteiger partial charge in [0.1, 0.15) is 5.78 Å². The maximum atomic E-state index is 13.1. The van der Waals surface area contributed by atoms with Gasteiger partial charge in [-0.3, -0.25) is 4.79 Å². The van der Waals surface area contributed by atoms with Crippen molar-refractivity contribution in [3.05, 3.63) is 11.7 Å². The first-order valence-corrected chi connectivity index (χ1v) is 12.8. The maximum Gasteiger partial charge on any atom is 0.269 e. The van der Waals surface area contributed by atoms with E-state index in [0.29, 0.717) is 30.6 Å². The average molecular weight is 429 g/mol. The molecule has 178 valence electrons. The summed E-state index contributed by atoms with van der Waals surface area (Å²) in [4.78, 5) is 11.9. The Morgan fingerprint density at radius 3 is 1.23 bits per heavy atom. The molecule has 1 nitrogen and oxygen atoms in total. The van der Waals surface area contributed by atoms with Crippen molar-refractivity contribution in [2.45, 2.75) is 150 Å². The summed E-state index contributed by atoms with van der Waals surface area (Å²) in [7, 11) is 0. The topological polar surface area (TPSA) is 17.1 Å². The van der Waals surface area contributed by atoms with Crippen LogP contribution in [0.4, 0.5) is 8.78 Å². The number of halogens is 2. The maximum absolute atomic E-state index is 13.1. The zero-order chi connectivity index (χ0) is 22.7. The third-order valence-corrected chi connectivity index (χ3v) is 6.07. The van der Waals surface area contributed by atoms with Crippen molar-refractivity contribution in [2.75, 3.05) is 0 Å². The second-order valence-electron chi connectivity index (χ2n) is 10.1. The summed E-state index contributed by atoms with van der Waals surface area (Å²) in [6.45, 7) is 8.18. The minimum absolute atomic E-state index is 0.208. The Balaban J connectivity index is 3.58. The smallest absolute Gasteiger partial charge is 0.269 e. The molecule has 0 aliphatic heterocycles. The van der Waals surface area contributed by atoms with E-state index in [1.54, 1.807) is 0 Å². The zero-order valence-corrected chi connectivity index (χ0v) is 20.6. The monoisotopic (exact) mass is 428 g/mol. The van der Waals surface area contributed by atoms with E-state index in [0.717, 1.165) is 44.9 Å². The van der Waals surface area contributed by atoms with E-state index in [1.807, 2.05) is 20.8 Å². The Morgan fingerprint density at radius 2 is 0.900 bits per heavy atom. The minimum atomic E-state index is -1.43. The molecule has 30 heavy (non-hydrogen) atoms. The average Bonchev–Trinajstić information content (AvgIpc) is 2.68. The number of carbonyl (C=O) groups excluding carboxylic acids is 1. The van der Waals surface area contributed by atoms with Crippen LogP contribution in [0.5, 0.6) is 0 Å². The molecule has 0 amide bonds. The molecule has 0 heterocycles. The van der Waals surface area contributed by atoms with E-state index in [-0.39, 0.29) is 5.41 Å². The fourth-order valence-corrected chi connectivity index (χ4v) is 3.85. The molecule has 0 aromatic heterocycles. The first-order valence-electron chi connectivity index (χ1n) is 12.8. The van der Waals surface area contributed by atoms with Crippen molar-refractivity contribution in [3.63, 3.8) is 0 Å². The van der Waals surface area contributed by atoms with Crippen molar-refractivity contribution in [3.8, 4) is 0 Å². The van der Waals surface area contributed by atoms with Gasteiger partial charge in [0, 0.05) is 11.8 Å². The number of hydrogen-bond donors (Lipinski definition) is 0. The third-order valence-electron chi connectivity index (χ3n) is 6.07. The number of hydrogen-bond acceptors (Lipinski definition) is 1. The molecule has 0 atom stereocenters. The van der Waals surface area contributed by atoms with Crippen molar-refractivity contribution in [2.24, 2.45) is 5.41 Å². The molecule has 0 fully saturated rings. The predicted molar refractivity (Wildman–Crippen MR) is 127 cm³/mol. The lowest BCUT2D eigenvalue weighted by Crippen LogP contribution is -2.19. The van der Waals surface area contributed by atoms with Crippen molar-refractivity contribution in [1.29, 1.82) is 0 Å². The molecule has 0 aliphatic rings. The van der Waals surface area contributed by atoms with Crippen LogP contribution in [0.2, 0.25) is 0 Å². The van der Waals surface area contributed by atoms with Crippen molar-refractivity contribution >= 4 is 5.78 Å². The van der Waals surface area contributed by atoms with Crippen LogP contribution in [0.1, 0.15) is 150 Å². The molecule has 0 bridgehead atoms. The van der Waals surface area contributed by atoms with Gasteiger partial charge in [0.25, 0.3) is 6.08 Å². The molecule has 3 heteroatoms. The lowest BCUT2D eigenvalue weighted by molar-refractivity contribution is -0.126. The summed E-state index contributed by atoms with van der Waals surface area (Å²) in [5.74, 6) is 0.360. The van der Waals surface area contributed by atoms with Crippen molar-refractivity contribution in [1.82, 2.24) is 0 Å². The van der Waals surface area contributed by atoms with Crippen LogP contribution in [0.25, 0.3) is 0 Å². The van der Waals surface area contributed by atoms with E-state index in [2.05, 4.69) is 6.92 Å². The second-order valence-corrected chi connectivity index (χ2v) is 10.1. The highest BCUT2D eigenvalue weighted by atomic mass is 19.3. The standard InChI is InChI=1S/C27H50F2O/c1-5-6-7-8-9-12-15-18-21-24(26(28)29)22-19-16-13-10-11-14-17-20-23-25(30)27(2,3)4/h5-23H2,1-4H3. The van der Waals surface area contributed by atoms with Gasteiger partial charge in [-0.2, -0.15) is 8.78 Å². The van der Waals surface area contributed by atoms with Crippen LogP contribution >= 0.6 is 0 Å². The van der Waals surface area contributed by atoms with Crippen LogP contribution < -0.4 is 0 Å². The van der Waals surface area contributed by atoms with Crippen LogP contribution in [0.15, 0.2) is 11.7 Å². The number of Topliss-reactive ketones (excluding diaryl/α,β-unsaturated/α-hetero) is 1. The van der Waals surface area contributed by atoms with Crippen LogP contribution in [-0.4, -0.2) is 5.78 Å². The molecule has 0 N–H and O–H groups in total. The molecule has 0 radical (unpaired) electrons. The second kappa shape index (κ2) is 19.0. The lowest BCUT2D eigenvalue weighted by Gasteiger charge is -2.16. The number of rotatable bonds is 20. The summed E-state index contributed by atoms with van der Waals surface area (Å²) >= 11 is 0. The number of unbranched alkanes of at least 4 members (excludes halogenated alkanes) is 14. The Bertz CT molecular complexity index is 444. The molecule has 0 spiro atoms. The summed E-state index contributed by atoms with van der Waals surface area (Å²) in [5.41, 5.74) is 0.199. The van der Waals surface area contributed by atoms with E-state index in [9.17, 15) is 13.6 Å². The molecule has 0 aromatic carbocycles. The highest BCUT2D eigenvalue weighted by molar-refractivity contribution is 5.83. The quantitative estimate of drug-likeness (QED) is 0.176. The van der Waals surface area contributed by atoms with Gasteiger partial charge in [0.15, 0.2) is 0 Å². The SMILES string of the molecule is CCCCCCCCCCC(CCCCCCCCCCC(=O)C(C)(C)C)=C(F)F. The van der Waals surface area contributed by atoms with Gasteiger partial charge in [-0.15, -0.1) is 0 Å². The summed E-state index contributed by atoms with van der Waals surface area (Å²) in [6.07, 6.45) is 18.8. The van der Waals surface area contributed by atoms with Gasteiger partial charge in [-0.05, 0) is 37.7 Å². The lowest BCUT2D eigenvalue weighted by atomic mass is 9.88. The first-order chi connectivity index (χ1) is 14.3. The molecule has 0 saturated heterocycles. The zero-order valence-electron chi connectivity index (χ0n) is 20.6. The van der Waals surface area contributed by atoms with Crippen LogP contribution in [0, 0.1) is 5.41 Å². The summed E-state index contributed by atoms with van der Waals surface area (Å²) < 4.78 is 26.3. The van der Waals surface area contributed by atoms with E-state index in [4.69, 9.17) is 0 Å². The molecule has 0 rings (SSSR count). The van der Waals surface area contributed by atoms with Gasteiger partial charge >= 0.3 is 0 Å². The number of carbonyl (C=O) groups is 1. The largest absolute Gasteiger partial charge is 0.299 e. The molecular formula is C27H50F2O. The van der Waals surface area contributed by atoms with Crippen molar-refractivity contribution < 1.29 is 13.6 Å². The molecular weight excluding hydrogens is 378 g/mol. The summed E-state index contributed by atoms with van der Waals surface area (Å²) in [6, 6.07) is 0. The molecule has 0 unspecified atom stereocenters. The van der Waals surface area contributed by atoms with Gasteiger partial charge in [0.2, 0.25) is 0 Å². The Labute approximate surface area is 186 Å². The van der Waals surface area contributed by atoms with Gasteiger partial charge in [0.05, 0.1) is 0 Å². The van der Waals surface area contributed by atoms with Gasteiger partial charge in [-0.25, -0.2) is 0 Å². The third kappa shape index (κ3) is 18.1. The molecule has 0 aromatic rings. The molecule has 0 saturated carbocycles. The van der Waals surface area contributed by atoms with E-state index >= 15 is 0 Å². The van der Waals surface area contributed by atoms with Crippen LogP contribution in [-0.2, 0) is 4.79 Å². The first kappa shape index (κ1) is 29.3. The van der Waals surface area contributed by atoms with E-state index < -0.39 is 6.08 Å². The normalized spacial score (nSPS) is 11.7. The Kier molecular flexibility index (Phi) is 18.5. The predicted octanol–water partition coefficient (Wildman–Crippen LogP) is 10.2. The summed E-state index contributed by atoms with van der Waals surface area (Å²) in [5, 5.41) is 0. The Hall–Kier alpha value is -0.730. The fraction of sp³-hybridized carbons (Fsp3) is 0.889. The van der Waals surface area contributed by atoms with E-state index in [1.165, 1.54) is 57.8 Å². The number of ketones is 1. The molecule has 0 aliphatic carbocycles.